The Labute approximate surface area is 212 Å². The van der Waals surface area contributed by atoms with Crippen molar-refractivity contribution in [3.8, 4) is 11.1 Å². The SMILES string of the molecule is CO[C@@H]1CSc2c(-c3cc(Cl)c(F)cc3F)c(C)cc3c(N4C[C@H](C)C[C@H](C)C4)nc(=O)n(c23)C1. The van der Waals surface area contributed by atoms with Crippen molar-refractivity contribution < 1.29 is 13.5 Å². The molecule has 0 radical (unpaired) electrons. The summed E-state index contributed by atoms with van der Waals surface area (Å²) in [5.41, 5.74) is 2.01. The van der Waals surface area contributed by atoms with E-state index in [4.69, 9.17) is 16.3 Å². The van der Waals surface area contributed by atoms with Crippen molar-refractivity contribution in [2.75, 3.05) is 30.9 Å². The van der Waals surface area contributed by atoms with Gasteiger partial charge in [-0.3, -0.25) is 4.57 Å². The number of halogens is 3. The maximum atomic E-state index is 15.1. The van der Waals surface area contributed by atoms with E-state index in [1.807, 2.05) is 13.0 Å². The lowest BCUT2D eigenvalue weighted by molar-refractivity contribution is 0.107. The predicted octanol–water partition coefficient (Wildman–Crippen LogP) is 5.91. The average Bonchev–Trinajstić information content (AvgIpc) is 2.99. The summed E-state index contributed by atoms with van der Waals surface area (Å²) in [6.07, 6.45) is 0.918. The molecule has 0 amide bonds. The minimum Gasteiger partial charge on any atom is -0.379 e. The molecule has 186 valence electrons. The Morgan fingerprint density at radius 3 is 2.51 bits per heavy atom. The molecule has 0 spiro atoms. The van der Waals surface area contributed by atoms with Gasteiger partial charge in [0.05, 0.1) is 23.2 Å². The third-order valence-electron chi connectivity index (χ3n) is 6.98. The minimum absolute atomic E-state index is 0.148. The van der Waals surface area contributed by atoms with Crippen molar-refractivity contribution in [2.45, 2.75) is 44.7 Å². The quantitative estimate of drug-likeness (QED) is 0.403. The molecule has 1 aromatic heterocycles. The van der Waals surface area contributed by atoms with Crippen LogP contribution in [0.1, 0.15) is 25.8 Å². The van der Waals surface area contributed by atoms with Gasteiger partial charge >= 0.3 is 5.69 Å². The average molecular weight is 520 g/mol. The van der Waals surface area contributed by atoms with Gasteiger partial charge in [0.1, 0.15) is 17.5 Å². The number of hydrogen-bond donors (Lipinski definition) is 0. The van der Waals surface area contributed by atoms with E-state index in [0.717, 1.165) is 46.9 Å². The maximum Gasteiger partial charge on any atom is 0.350 e. The first kappa shape index (κ1) is 24.5. The Hall–Kier alpha value is -2.16. The van der Waals surface area contributed by atoms with Crippen molar-refractivity contribution in [1.82, 2.24) is 9.55 Å². The lowest BCUT2D eigenvalue weighted by atomic mass is 9.91. The van der Waals surface area contributed by atoms with Gasteiger partial charge in [-0.15, -0.1) is 11.8 Å². The van der Waals surface area contributed by atoms with E-state index in [1.165, 1.54) is 17.8 Å². The highest BCUT2D eigenvalue weighted by atomic mass is 35.5. The monoisotopic (exact) mass is 519 g/mol. The molecule has 1 saturated heterocycles. The second-order valence-corrected chi connectivity index (χ2v) is 11.3. The first-order valence-electron chi connectivity index (χ1n) is 11.8. The van der Waals surface area contributed by atoms with Crippen LogP contribution in [0.15, 0.2) is 27.9 Å². The van der Waals surface area contributed by atoms with Crippen LogP contribution in [0.3, 0.4) is 0 Å². The van der Waals surface area contributed by atoms with Gasteiger partial charge in [-0.1, -0.05) is 25.4 Å². The number of hydrogen-bond acceptors (Lipinski definition) is 5. The largest absolute Gasteiger partial charge is 0.379 e. The molecule has 2 aliphatic heterocycles. The summed E-state index contributed by atoms with van der Waals surface area (Å²) in [6, 6.07) is 4.12. The summed E-state index contributed by atoms with van der Waals surface area (Å²) in [5.74, 6) is 0.714. The van der Waals surface area contributed by atoms with Crippen LogP contribution in [0.25, 0.3) is 22.0 Å². The number of thioether (sulfide) groups is 1. The minimum atomic E-state index is -0.805. The Kier molecular flexibility index (Phi) is 6.57. The fourth-order valence-electron chi connectivity index (χ4n) is 5.53. The van der Waals surface area contributed by atoms with Crippen molar-refractivity contribution in [2.24, 2.45) is 11.8 Å². The highest BCUT2D eigenvalue weighted by Gasteiger charge is 2.30. The van der Waals surface area contributed by atoms with Crippen molar-refractivity contribution in [3.63, 3.8) is 0 Å². The van der Waals surface area contributed by atoms with E-state index >= 15 is 4.39 Å². The zero-order valence-electron chi connectivity index (χ0n) is 20.2. The predicted molar refractivity (Wildman–Crippen MR) is 138 cm³/mol. The topological polar surface area (TPSA) is 47.4 Å². The van der Waals surface area contributed by atoms with Crippen molar-refractivity contribution in [3.05, 3.63) is 50.9 Å². The Balaban J connectivity index is 1.84. The van der Waals surface area contributed by atoms with Gasteiger partial charge in [0.2, 0.25) is 0 Å². The molecule has 35 heavy (non-hydrogen) atoms. The third-order valence-corrected chi connectivity index (χ3v) is 8.49. The van der Waals surface area contributed by atoms with Crippen molar-refractivity contribution in [1.29, 1.82) is 0 Å². The number of ether oxygens (including phenoxy) is 1. The third kappa shape index (κ3) is 4.34. The summed E-state index contributed by atoms with van der Waals surface area (Å²) in [7, 11) is 1.62. The first-order chi connectivity index (χ1) is 16.7. The van der Waals surface area contributed by atoms with Gasteiger partial charge in [0, 0.05) is 53.4 Å². The summed E-state index contributed by atoms with van der Waals surface area (Å²) in [6.45, 7) is 8.33. The van der Waals surface area contributed by atoms with E-state index in [0.29, 0.717) is 35.5 Å². The van der Waals surface area contributed by atoms with Crippen LogP contribution in [0.5, 0.6) is 0 Å². The lowest BCUT2D eigenvalue weighted by Crippen LogP contribution is -2.41. The Morgan fingerprint density at radius 2 is 1.83 bits per heavy atom. The van der Waals surface area contributed by atoms with Crippen LogP contribution < -0.4 is 10.6 Å². The highest BCUT2D eigenvalue weighted by Crippen LogP contribution is 2.45. The fraction of sp³-hybridized carbons (Fsp3) is 0.462. The number of piperidine rings is 1. The maximum absolute atomic E-state index is 15.1. The number of rotatable bonds is 3. The number of aryl methyl sites for hydroxylation is 1. The molecule has 5 nitrogen and oxygen atoms in total. The molecule has 0 bridgehead atoms. The van der Waals surface area contributed by atoms with Crippen LogP contribution in [-0.2, 0) is 11.3 Å². The van der Waals surface area contributed by atoms with E-state index in [9.17, 15) is 9.18 Å². The van der Waals surface area contributed by atoms with Gasteiger partial charge < -0.3 is 9.64 Å². The zero-order chi connectivity index (χ0) is 25.0. The highest BCUT2D eigenvalue weighted by molar-refractivity contribution is 7.99. The Morgan fingerprint density at radius 1 is 1.11 bits per heavy atom. The molecular weight excluding hydrogens is 492 g/mol. The molecule has 2 aliphatic rings. The van der Waals surface area contributed by atoms with Gasteiger partial charge in [-0.2, -0.15) is 4.98 Å². The van der Waals surface area contributed by atoms with Crippen molar-refractivity contribution >= 4 is 40.1 Å². The molecule has 5 rings (SSSR count). The molecule has 3 heterocycles. The van der Waals surface area contributed by atoms with E-state index in [1.54, 1.807) is 11.7 Å². The zero-order valence-corrected chi connectivity index (χ0v) is 21.8. The molecule has 0 N–H and O–H groups in total. The van der Waals surface area contributed by atoms with Crippen LogP contribution >= 0.6 is 23.4 Å². The van der Waals surface area contributed by atoms with Crippen LogP contribution in [0.4, 0.5) is 14.6 Å². The normalized spacial score (nSPS) is 22.5. The van der Waals surface area contributed by atoms with Crippen LogP contribution in [0.2, 0.25) is 5.02 Å². The number of methoxy groups -OCH3 is 1. The molecule has 1 fully saturated rings. The van der Waals surface area contributed by atoms with Gasteiger partial charge in [0.25, 0.3) is 0 Å². The molecule has 0 saturated carbocycles. The summed E-state index contributed by atoms with van der Waals surface area (Å²) >= 11 is 7.58. The summed E-state index contributed by atoms with van der Waals surface area (Å²) < 4.78 is 36.3. The first-order valence-corrected chi connectivity index (χ1v) is 13.2. The van der Waals surface area contributed by atoms with E-state index < -0.39 is 11.6 Å². The fourth-order valence-corrected chi connectivity index (χ4v) is 7.06. The van der Waals surface area contributed by atoms with E-state index in [-0.39, 0.29) is 22.4 Å². The molecule has 3 aromatic rings. The molecule has 3 atom stereocenters. The molecule has 2 aromatic carbocycles. The van der Waals surface area contributed by atoms with Crippen LogP contribution in [-0.4, -0.2) is 41.6 Å². The number of benzene rings is 2. The smallest absolute Gasteiger partial charge is 0.350 e. The molecule has 0 unspecified atom stereocenters. The van der Waals surface area contributed by atoms with Gasteiger partial charge in [-0.05, 0) is 42.9 Å². The van der Waals surface area contributed by atoms with Crippen LogP contribution in [0, 0.1) is 30.4 Å². The number of aromatic nitrogens is 2. The standard InChI is InChI=1S/C26H28ClF2N3O2S/c1-13-5-14(2)10-31(9-13)25-18-6-15(3)22(17-7-19(27)21(29)8-20(17)28)24-23(18)32(26(33)30-25)11-16(34-4)12-35-24/h6-8,13-14,16H,5,9-12H2,1-4H3/t13-,14+,16-/m0/s1. The summed E-state index contributed by atoms with van der Waals surface area (Å²) in [4.78, 5) is 20.9. The van der Waals surface area contributed by atoms with Gasteiger partial charge in [-0.25, -0.2) is 13.6 Å². The number of anilines is 1. The van der Waals surface area contributed by atoms with E-state index in [2.05, 4.69) is 23.7 Å². The Bertz CT molecular complexity index is 1370. The summed E-state index contributed by atoms with van der Waals surface area (Å²) in [5, 5.41) is 0.714. The van der Waals surface area contributed by atoms with Gasteiger partial charge in [0.15, 0.2) is 0 Å². The molecule has 0 aliphatic carbocycles. The second kappa shape index (κ2) is 9.37. The lowest BCUT2D eigenvalue weighted by Gasteiger charge is -2.36. The second-order valence-electron chi connectivity index (χ2n) is 9.89. The molecular formula is C26H28ClF2N3O2S. The molecule has 9 heteroatoms. The number of nitrogens with zero attached hydrogens (tertiary/aromatic N) is 3.